The van der Waals surface area contributed by atoms with E-state index in [0.717, 1.165) is 24.3 Å². The molecule has 0 aromatic heterocycles. The fourth-order valence-corrected chi connectivity index (χ4v) is 3.80. The van der Waals surface area contributed by atoms with E-state index in [1.807, 2.05) is 0 Å². The molecule has 1 heterocycles. The molecule has 15 heavy (non-hydrogen) atoms. The highest BCUT2D eigenvalue weighted by atomic mass is 79.9. The highest BCUT2D eigenvalue weighted by Crippen LogP contribution is 2.28. The second-order valence-electron chi connectivity index (χ2n) is 3.47. The summed E-state index contributed by atoms with van der Waals surface area (Å²) in [4.78, 5) is 0.168. The molecule has 7 heteroatoms. The lowest BCUT2D eigenvalue weighted by Crippen LogP contribution is -2.25. The number of unbranched alkanes of at least 4 members (excludes halogenated alkanes) is 1. The Kier molecular flexibility index (Phi) is 4.92. The van der Waals surface area contributed by atoms with Crippen LogP contribution in [-0.2, 0) is 9.84 Å². The molecule has 0 spiro atoms. The van der Waals surface area contributed by atoms with Crippen LogP contribution in [0.2, 0.25) is 0 Å². The molecule has 2 atom stereocenters. The van der Waals surface area contributed by atoms with Gasteiger partial charge < -0.3 is 0 Å². The van der Waals surface area contributed by atoms with Crippen molar-refractivity contribution in [2.45, 2.75) is 35.7 Å². The van der Waals surface area contributed by atoms with Crippen LogP contribution in [0.15, 0.2) is 5.10 Å². The summed E-state index contributed by atoms with van der Waals surface area (Å²) in [5, 5.41) is 4.87. The Morgan fingerprint density at radius 3 is 2.80 bits per heavy atom. The number of nitrogens with one attached hydrogen (secondary N) is 1. The van der Waals surface area contributed by atoms with Gasteiger partial charge >= 0.3 is 0 Å². The van der Waals surface area contributed by atoms with Crippen molar-refractivity contribution in [1.29, 1.82) is 0 Å². The SMILES string of the molecule is CCCCC(Br)C1=NNC(S(C)(=O)=O)S1. The third-order valence-electron chi connectivity index (χ3n) is 1.98. The molecule has 88 valence electrons. The number of nitrogens with zero attached hydrogens (tertiary/aromatic N) is 1. The van der Waals surface area contributed by atoms with E-state index in [1.165, 1.54) is 18.0 Å². The zero-order valence-corrected chi connectivity index (χ0v) is 12.0. The van der Waals surface area contributed by atoms with Crippen LogP contribution in [0, 0.1) is 0 Å². The number of hydrogen-bond donors (Lipinski definition) is 1. The molecule has 0 fully saturated rings. The molecular formula is C8H15BrN2O2S2. The lowest BCUT2D eigenvalue weighted by atomic mass is 10.2. The van der Waals surface area contributed by atoms with Crippen molar-refractivity contribution in [3.05, 3.63) is 0 Å². The molecule has 0 saturated carbocycles. The number of hydrazone groups is 1. The quantitative estimate of drug-likeness (QED) is 0.788. The third-order valence-corrected chi connectivity index (χ3v) is 6.33. The largest absolute Gasteiger partial charge is 0.281 e. The molecular weight excluding hydrogens is 300 g/mol. The van der Waals surface area contributed by atoms with E-state index in [-0.39, 0.29) is 4.83 Å². The van der Waals surface area contributed by atoms with Gasteiger partial charge in [0, 0.05) is 6.26 Å². The first-order valence-electron chi connectivity index (χ1n) is 4.78. The summed E-state index contributed by atoms with van der Waals surface area (Å²) in [5.74, 6) is 0. The van der Waals surface area contributed by atoms with E-state index in [0.29, 0.717) is 0 Å². The van der Waals surface area contributed by atoms with Gasteiger partial charge in [-0.2, -0.15) is 5.10 Å². The van der Waals surface area contributed by atoms with Gasteiger partial charge in [-0.25, -0.2) is 8.42 Å². The van der Waals surface area contributed by atoms with Crippen molar-refractivity contribution < 1.29 is 8.42 Å². The second-order valence-corrected chi connectivity index (χ2v) is 8.13. The maximum Gasteiger partial charge on any atom is 0.196 e. The van der Waals surface area contributed by atoms with Crippen LogP contribution in [0.4, 0.5) is 0 Å². The molecule has 0 saturated heterocycles. The van der Waals surface area contributed by atoms with Gasteiger partial charge in [0.1, 0.15) is 5.04 Å². The zero-order valence-electron chi connectivity index (χ0n) is 8.73. The fraction of sp³-hybridized carbons (Fsp3) is 0.875. The fourth-order valence-electron chi connectivity index (χ4n) is 1.11. The van der Waals surface area contributed by atoms with Crippen LogP contribution >= 0.6 is 27.7 Å². The van der Waals surface area contributed by atoms with Crippen molar-refractivity contribution in [3.63, 3.8) is 0 Å². The van der Waals surface area contributed by atoms with E-state index in [2.05, 4.69) is 33.4 Å². The smallest absolute Gasteiger partial charge is 0.196 e. The molecule has 0 amide bonds. The number of thioether (sulfide) groups is 1. The highest BCUT2D eigenvalue weighted by molar-refractivity contribution is 9.10. The van der Waals surface area contributed by atoms with E-state index in [1.54, 1.807) is 0 Å². The lowest BCUT2D eigenvalue weighted by Gasteiger charge is -2.08. The van der Waals surface area contributed by atoms with Crippen molar-refractivity contribution in [1.82, 2.24) is 5.43 Å². The van der Waals surface area contributed by atoms with Crippen LogP contribution < -0.4 is 5.43 Å². The van der Waals surface area contributed by atoms with Crippen LogP contribution in [0.1, 0.15) is 26.2 Å². The van der Waals surface area contributed by atoms with Gasteiger partial charge in [-0.1, -0.05) is 47.5 Å². The normalized spacial score (nSPS) is 23.4. The molecule has 0 radical (unpaired) electrons. The maximum absolute atomic E-state index is 11.2. The molecule has 1 N–H and O–H groups in total. The van der Waals surface area contributed by atoms with Crippen LogP contribution in [-0.4, -0.2) is 29.3 Å². The minimum absolute atomic E-state index is 0.168. The summed E-state index contributed by atoms with van der Waals surface area (Å²) >= 11 is 4.79. The Labute approximate surface area is 103 Å². The minimum atomic E-state index is -3.07. The summed E-state index contributed by atoms with van der Waals surface area (Å²) < 4.78 is 21.9. The van der Waals surface area contributed by atoms with Crippen molar-refractivity contribution >= 4 is 42.6 Å². The Hall–Kier alpha value is 0.250. The highest BCUT2D eigenvalue weighted by Gasteiger charge is 2.30. The zero-order chi connectivity index (χ0) is 11.5. The molecule has 2 unspecified atom stereocenters. The predicted octanol–water partition coefficient (Wildman–Crippen LogP) is 1.92. The number of halogens is 1. The van der Waals surface area contributed by atoms with Gasteiger partial charge in [0.15, 0.2) is 14.5 Å². The summed E-state index contributed by atoms with van der Waals surface area (Å²) in [5.41, 5.74) is 2.64. The number of hydrogen-bond acceptors (Lipinski definition) is 5. The van der Waals surface area contributed by atoms with E-state index in [4.69, 9.17) is 0 Å². The van der Waals surface area contributed by atoms with Gasteiger partial charge in [0.25, 0.3) is 0 Å². The number of sulfone groups is 1. The van der Waals surface area contributed by atoms with Gasteiger partial charge in [0.2, 0.25) is 0 Å². The molecule has 4 nitrogen and oxygen atoms in total. The molecule has 0 aliphatic carbocycles. The Morgan fingerprint density at radius 2 is 2.33 bits per heavy atom. The van der Waals surface area contributed by atoms with E-state index >= 15 is 0 Å². The topological polar surface area (TPSA) is 58.5 Å². The Morgan fingerprint density at radius 1 is 1.67 bits per heavy atom. The Bertz CT molecular complexity index is 343. The molecule has 0 bridgehead atoms. The summed E-state index contributed by atoms with van der Waals surface area (Å²) in [6.45, 7) is 2.13. The first-order valence-corrected chi connectivity index (χ1v) is 8.53. The van der Waals surface area contributed by atoms with Crippen molar-refractivity contribution in [3.8, 4) is 0 Å². The maximum atomic E-state index is 11.2. The summed E-state index contributed by atoms with van der Waals surface area (Å²) in [7, 11) is -3.07. The predicted molar refractivity (Wildman–Crippen MR) is 69.0 cm³/mol. The van der Waals surface area contributed by atoms with Gasteiger partial charge in [-0.3, -0.25) is 5.43 Å². The van der Waals surface area contributed by atoms with Gasteiger partial charge in [-0.05, 0) is 6.42 Å². The third kappa shape index (κ3) is 3.96. The summed E-state index contributed by atoms with van der Waals surface area (Å²) in [6, 6.07) is 0. The average molecular weight is 315 g/mol. The summed E-state index contributed by atoms with van der Waals surface area (Å²) in [6.07, 6.45) is 4.44. The number of alkyl halides is 1. The minimum Gasteiger partial charge on any atom is -0.281 e. The molecule has 0 aromatic carbocycles. The van der Waals surface area contributed by atoms with Crippen LogP contribution in [0.5, 0.6) is 0 Å². The Balaban J connectivity index is 2.48. The second kappa shape index (κ2) is 5.54. The number of rotatable bonds is 5. The van der Waals surface area contributed by atoms with Crippen LogP contribution in [0.3, 0.4) is 0 Å². The standard InChI is InChI=1S/C8H15BrN2O2S2/c1-3-4-5-6(9)7-10-11-8(14-7)15(2,12)13/h6,8,11H,3-5H2,1-2H3. The van der Waals surface area contributed by atoms with Crippen LogP contribution in [0.25, 0.3) is 0 Å². The van der Waals surface area contributed by atoms with E-state index in [9.17, 15) is 8.42 Å². The van der Waals surface area contributed by atoms with Gasteiger partial charge in [0.05, 0.1) is 4.83 Å². The molecule has 1 aliphatic rings. The molecule has 1 rings (SSSR count). The first-order chi connectivity index (χ1) is 6.95. The van der Waals surface area contributed by atoms with Crippen molar-refractivity contribution in [2.24, 2.45) is 5.10 Å². The lowest BCUT2D eigenvalue weighted by molar-refractivity contribution is 0.591. The van der Waals surface area contributed by atoms with E-state index < -0.39 is 14.5 Å². The van der Waals surface area contributed by atoms with Gasteiger partial charge in [-0.15, -0.1) is 0 Å². The monoisotopic (exact) mass is 314 g/mol. The average Bonchev–Trinajstić information content (AvgIpc) is 2.62. The first kappa shape index (κ1) is 13.3. The molecule has 1 aliphatic heterocycles. The van der Waals surface area contributed by atoms with Crippen molar-refractivity contribution in [2.75, 3.05) is 6.26 Å². The molecule has 0 aromatic rings.